The molecule has 0 aliphatic carbocycles. The lowest BCUT2D eigenvalue weighted by Gasteiger charge is -2.08. The smallest absolute Gasteiger partial charge is 0.218 e. The van der Waals surface area contributed by atoms with Crippen LogP contribution < -0.4 is 62.2 Å². The second-order valence-electron chi connectivity index (χ2n) is 7.87. The SMILES string of the molecule is CCCCN=C(N)NC(=N)N.CN(C)C(N)=NC(=N)N.N=C(N)NC(=N)N.NC(N)=NC(N)=NCCc1ccccc1. The molecule has 0 aromatic heterocycles. The number of nitrogens with zero attached hydrogens (tertiary/aromatic N) is 5. The maximum atomic E-state index is 6.81. The molecule has 0 fully saturated rings. The third-order valence-electron chi connectivity index (χ3n) is 3.78. The summed E-state index contributed by atoms with van der Waals surface area (Å²) in [5.41, 5.74) is 47.0. The van der Waals surface area contributed by atoms with Crippen molar-refractivity contribution in [3.8, 4) is 0 Å². The molecule has 0 saturated heterocycles. The number of guanidine groups is 8. The van der Waals surface area contributed by atoms with E-state index in [0.29, 0.717) is 13.1 Å². The second kappa shape index (κ2) is 25.5. The average Bonchev–Trinajstić information content (AvgIpc) is 2.84. The number of aliphatic imine (C=N–C) groups is 4. The predicted octanol–water partition coefficient (Wildman–Crippen LogP) is -3.48. The van der Waals surface area contributed by atoms with Crippen molar-refractivity contribution in [3.05, 3.63) is 35.9 Å². The zero-order valence-electron chi connectivity index (χ0n) is 24.4. The molecule has 0 amide bonds. The molecular weight excluding hydrogens is 544 g/mol. The van der Waals surface area contributed by atoms with Crippen LogP contribution in [0.15, 0.2) is 50.3 Å². The summed E-state index contributed by atoms with van der Waals surface area (Å²) in [6.45, 7) is 3.33. The summed E-state index contributed by atoms with van der Waals surface area (Å²) in [6, 6.07) is 10.0. The van der Waals surface area contributed by atoms with Crippen molar-refractivity contribution in [1.29, 1.82) is 21.6 Å². The molecule has 1 aromatic rings. The van der Waals surface area contributed by atoms with Crippen LogP contribution in [0.5, 0.6) is 0 Å². The number of hydrogen-bond donors (Lipinski definition) is 15. The lowest BCUT2D eigenvalue weighted by Crippen LogP contribution is -2.40. The summed E-state index contributed by atoms with van der Waals surface area (Å²) in [5.74, 6) is -0.584. The average molecular weight is 593 g/mol. The lowest BCUT2D eigenvalue weighted by molar-refractivity contribution is 0.615. The summed E-state index contributed by atoms with van der Waals surface area (Å²) in [6.07, 6.45) is 2.90. The van der Waals surface area contributed by atoms with Crippen LogP contribution in [0.3, 0.4) is 0 Å². The minimum absolute atomic E-state index is 0.0732. The highest BCUT2D eigenvalue weighted by atomic mass is 15.2. The van der Waals surface area contributed by atoms with E-state index in [2.05, 4.69) is 32.2 Å². The van der Waals surface area contributed by atoms with Crippen molar-refractivity contribution in [2.24, 2.45) is 71.6 Å². The first-order valence-electron chi connectivity index (χ1n) is 12.2. The Morgan fingerprint density at radius 1 is 0.738 bits per heavy atom. The van der Waals surface area contributed by atoms with Gasteiger partial charge in [0.25, 0.3) is 0 Å². The van der Waals surface area contributed by atoms with Crippen LogP contribution in [0.2, 0.25) is 0 Å². The quantitative estimate of drug-likeness (QED) is 0.0869. The Kier molecular flexibility index (Phi) is 24.7. The molecule has 0 aliphatic rings. The summed E-state index contributed by atoms with van der Waals surface area (Å²) >= 11 is 0. The van der Waals surface area contributed by atoms with E-state index in [1.807, 2.05) is 35.6 Å². The maximum absolute atomic E-state index is 6.81. The predicted molar refractivity (Wildman–Crippen MR) is 173 cm³/mol. The number of unbranched alkanes of at least 4 members (excludes halogenated alkanes) is 1. The Morgan fingerprint density at radius 3 is 1.62 bits per heavy atom. The van der Waals surface area contributed by atoms with E-state index in [1.165, 1.54) is 5.56 Å². The Hall–Kier alpha value is -5.82. The Balaban J connectivity index is -0.000000504. The van der Waals surface area contributed by atoms with Gasteiger partial charge in [0.2, 0.25) is 11.9 Å². The zero-order valence-corrected chi connectivity index (χ0v) is 24.4. The Morgan fingerprint density at radius 2 is 1.26 bits per heavy atom. The van der Waals surface area contributed by atoms with Gasteiger partial charge in [-0.25, -0.2) is 0 Å². The molecule has 0 atom stereocenters. The topological polar surface area (TPSA) is 406 Å². The van der Waals surface area contributed by atoms with Crippen LogP contribution in [0.4, 0.5) is 0 Å². The van der Waals surface area contributed by atoms with Crippen LogP contribution in [-0.2, 0) is 6.42 Å². The van der Waals surface area contributed by atoms with Crippen LogP contribution in [0.1, 0.15) is 25.3 Å². The zero-order chi connectivity index (χ0) is 33.1. The molecule has 0 spiro atoms. The van der Waals surface area contributed by atoms with Crippen LogP contribution in [0, 0.1) is 21.6 Å². The minimum Gasteiger partial charge on any atom is -0.370 e. The first-order valence-corrected chi connectivity index (χ1v) is 12.2. The van der Waals surface area contributed by atoms with Gasteiger partial charge >= 0.3 is 0 Å². The Bertz CT molecular complexity index is 1040. The molecule has 20 nitrogen and oxygen atoms in total. The van der Waals surface area contributed by atoms with E-state index < -0.39 is 0 Å². The van der Waals surface area contributed by atoms with Crippen molar-refractivity contribution in [2.45, 2.75) is 26.2 Å². The first-order chi connectivity index (χ1) is 19.5. The number of hydrogen-bond acceptors (Lipinski definition) is 6. The van der Waals surface area contributed by atoms with Crippen LogP contribution in [-0.4, -0.2) is 79.8 Å². The van der Waals surface area contributed by atoms with Crippen molar-refractivity contribution in [2.75, 3.05) is 27.2 Å². The van der Waals surface area contributed by atoms with Crippen molar-refractivity contribution in [3.63, 3.8) is 0 Å². The molecule has 1 aromatic carbocycles. The standard InChI is InChI=1S/C10H15N5.C6H15N5.C4H11N5.C2H7N5/c11-9(12)15-10(13)14-7-6-8-4-2-1-3-5-8;1-2-3-4-10-6(9)11-5(7)8;1-9(2)4(7)8-3(5)6;3-1(4)7-2(5)6/h1-5H,6-7H2,(H6,11,12,13,14,15);2-4H2,1H3,(H6,7,8,9,10,11);1-2H3,(H5,5,6,7,8);(H7,3,4,5,6,7). The van der Waals surface area contributed by atoms with Gasteiger partial charge in [-0.15, -0.1) is 0 Å². The fourth-order valence-electron chi connectivity index (χ4n) is 2.02. The van der Waals surface area contributed by atoms with E-state index in [4.69, 9.17) is 73.2 Å². The van der Waals surface area contributed by atoms with E-state index in [-0.39, 0.29) is 47.7 Å². The van der Waals surface area contributed by atoms with Gasteiger partial charge in [0.05, 0.1) is 0 Å². The van der Waals surface area contributed by atoms with Gasteiger partial charge in [-0.2, -0.15) is 9.98 Å². The van der Waals surface area contributed by atoms with Gasteiger partial charge in [-0.3, -0.25) is 42.3 Å². The highest BCUT2D eigenvalue weighted by Crippen LogP contribution is 1.99. The molecule has 0 heterocycles. The molecule has 0 unspecified atom stereocenters. The number of nitrogens with one attached hydrogen (secondary N) is 6. The molecule has 236 valence electrons. The van der Waals surface area contributed by atoms with Gasteiger partial charge in [0.1, 0.15) is 0 Å². The molecule has 1 rings (SSSR count). The summed E-state index contributed by atoms with van der Waals surface area (Å²) in [7, 11) is 3.45. The van der Waals surface area contributed by atoms with Gasteiger partial charge in [0.15, 0.2) is 35.8 Å². The molecule has 0 aliphatic heterocycles. The van der Waals surface area contributed by atoms with Crippen molar-refractivity contribution in [1.82, 2.24) is 15.5 Å². The van der Waals surface area contributed by atoms with Crippen LogP contribution in [0.25, 0.3) is 0 Å². The lowest BCUT2D eigenvalue weighted by atomic mass is 10.2. The Labute approximate surface area is 246 Å². The van der Waals surface area contributed by atoms with Crippen molar-refractivity contribution < 1.29 is 0 Å². The van der Waals surface area contributed by atoms with E-state index in [1.54, 1.807) is 19.0 Å². The third-order valence-corrected chi connectivity index (χ3v) is 3.78. The fraction of sp³-hybridized carbons (Fsp3) is 0.364. The molecule has 0 radical (unpaired) electrons. The molecule has 0 bridgehead atoms. The van der Waals surface area contributed by atoms with Crippen LogP contribution >= 0.6 is 0 Å². The number of benzene rings is 1. The number of nitrogens with two attached hydrogens (primary N) is 9. The summed E-state index contributed by atoms with van der Waals surface area (Å²) in [4.78, 5) is 16.6. The van der Waals surface area contributed by atoms with Crippen molar-refractivity contribution >= 4 is 47.7 Å². The monoisotopic (exact) mass is 592 g/mol. The van der Waals surface area contributed by atoms with E-state index in [0.717, 1.165) is 19.3 Å². The summed E-state index contributed by atoms with van der Waals surface area (Å²) < 4.78 is 0. The fourth-order valence-corrected chi connectivity index (χ4v) is 2.02. The van der Waals surface area contributed by atoms with Gasteiger partial charge in [-0.05, 0) is 18.4 Å². The van der Waals surface area contributed by atoms with E-state index >= 15 is 0 Å². The van der Waals surface area contributed by atoms with Gasteiger partial charge in [0, 0.05) is 27.2 Å². The molecule has 20 heteroatoms. The van der Waals surface area contributed by atoms with Gasteiger partial charge < -0.3 is 56.5 Å². The normalized spacial score (nSPS) is 10.5. The highest BCUT2D eigenvalue weighted by molar-refractivity contribution is 5.95. The van der Waals surface area contributed by atoms with Gasteiger partial charge in [-0.1, -0.05) is 43.7 Å². The molecular formula is C22H48N20. The highest BCUT2D eigenvalue weighted by Gasteiger charge is 1.93. The largest absolute Gasteiger partial charge is 0.370 e. The number of rotatable bonds is 6. The molecule has 0 saturated carbocycles. The maximum Gasteiger partial charge on any atom is 0.218 e. The minimum atomic E-state index is -0.312. The third kappa shape index (κ3) is 34.2. The molecule has 42 heavy (non-hydrogen) atoms. The second-order valence-corrected chi connectivity index (χ2v) is 7.87. The summed E-state index contributed by atoms with van der Waals surface area (Å²) in [5, 5.41) is 30.9. The molecule has 24 N–H and O–H groups in total. The van der Waals surface area contributed by atoms with E-state index in [9.17, 15) is 0 Å². The first kappa shape index (κ1) is 40.7.